The van der Waals surface area contributed by atoms with Crippen molar-refractivity contribution >= 4 is 65.4 Å². The van der Waals surface area contributed by atoms with Gasteiger partial charge in [0.2, 0.25) is 0 Å². The van der Waals surface area contributed by atoms with Crippen LogP contribution >= 0.6 is 23.5 Å². The van der Waals surface area contributed by atoms with Crippen LogP contribution in [0.15, 0.2) is 0 Å². The van der Waals surface area contributed by atoms with E-state index in [2.05, 4.69) is 37.4 Å². The molecule has 3 aliphatic heterocycles. The Labute approximate surface area is 128 Å². The third-order valence-electron chi connectivity index (χ3n) is 3.73. The van der Waals surface area contributed by atoms with Crippen molar-refractivity contribution in [3.05, 3.63) is 0 Å². The van der Waals surface area contributed by atoms with E-state index in [1.165, 1.54) is 0 Å². The van der Waals surface area contributed by atoms with Gasteiger partial charge in [0, 0.05) is 0 Å². The van der Waals surface area contributed by atoms with E-state index in [0.29, 0.717) is 41.8 Å². The Morgan fingerprint density at radius 2 is 1.75 bits per heavy atom. The summed E-state index contributed by atoms with van der Waals surface area (Å²) in [6.45, 7) is 4.99. The normalized spacial score (nSPS) is 52.9. The fourth-order valence-electron chi connectivity index (χ4n) is 2.92. The van der Waals surface area contributed by atoms with Crippen molar-refractivity contribution in [3.8, 4) is 0 Å². The van der Waals surface area contributed by atoms with E-state index in [9.17, 15) is 0 Å². The van der Waals surface area contributed by atoms with Crippen LogP contribution in [0.1, 0.15) is 33.1 Å². The first kappa shape index (κ1) is 13.3. The molecule has 4 heteroatoms. The summed E-state index contributed by atoms with van der Waals surface area (Å²) in [6, 6.07) is 0. The summed E-state index contributed by atoms with van der Waals surface area (Å²) < 4.78 is 4.31. The first-order valence-electron chi connectivity index (χ1n) is 6.27. The first-order chi connectivity index (χ1) is 7.68. The van der Waals surface area contributed by atoms with Crippen molar-refractivity contribution in [2.24, 2.45) is 0 Å². The first-order valence-corrected chi connectivity index (χ1v) is 13.8. The second kappa shape index (κ2) is 5.34. The van der Waals surface area contributed by atoms with E-state index in [1.807, 2.05) is 0 Å². The summed E-state index contributed by atoms with van der Waals surface area (Å²) in [5.41, 5.74) is 0. The van der Waals surface area contributed by atoms with E-state index in [1.54, 1.807) is 28.2 Å². The molecule has 3 saturated heterocycles. The van der Waals surface area contributed by atoms with Crippen LogP contribution < -0.4 is 0 Å². The number of fused-ring (bicyclic) bond motifs is 4. The third-order valence-corrected chi connectivity index (χ3v) is 22.9. The number of thioether (sulfide) groups is 2. The minimum atomic E-state index is 0.322. The molecule has 2 bridgehead atoms. The van der Waals surface area contributed by atoms with Gasteiger partial charge in [-0.25, -0.2) is 0 Å². The van der Waals surface area contributed by atoms with Crippen molar-refractivity contribution in [2.75, 3.05) is 0 Å². The van der Waals surface area contributed by atoms with Gasteiger partial charge in [-0.3, -0.25) is 0 Å². The van der Waals surface area contributed by atoms with Crippen molar-refractivity contribution < 1.29 is 0 Å². The Balaban J connectivity index is 1.82. The van der Waals surface area contributed by atoms with Gasteiger partial charge in [0.05, 0.1) is 0 Å². The van der Waals surface area contributed by atoms with Crippen LogP contribution in [0, 0.1) is 0 Å². The van der Waals surface area contributed by atoms with Crippen LogP contribution in [0.3, 0.4) is 0 Å². The fourth-order valence-corrected chi connectivity index (χ4v) is 20.3. The van der Waals surface area contributed by atoms with E-state index >= 15 is 0 Å². The molecule has 4 rings (SSSR count). The number of hydrogen-bond donors (Lipinski definition) is 0. The van der Waals surface area contributed by atoms with Crippen molar-refractivity contribution in [2.45, 2.75) is 64.6 Å². The van der Waals surface area contributed by atoms with Gasteiger partial charge in [-0.2, -0.15) is 0 Å². The van der Waals surface area contributed by atoms with Crippen LogP contribution in [0.2, 0.25) is 10.4 Å². The molecule has 0 radical (unpaired) electrons. The molecule has 0 nitrogen and oxygen atoms in total. The van der Waals surface area contributed by atoms with Gasteiger partial charge in [0.15, 0.2) is 0 Å². The molecular weight excluding hydrogens is 463 g/mol. The monoisotopic (exact) mass is 488 g/mol. The second-order valence-corrected chi connectivity index (χ2v) is 18.8. The zero-order valence-corrected chi connectivity index (χ0v) is 16.3. The van der Waals surface area contributed by atoms with Gasteiger partial charge in [0.1, 0.15) is 0 Å². The zero-order valence-electron chi connectivity index (χ0n) is 9.98. The molecule has 0 aromatic rings. The Bertz CT molecular complexity index is 270. The minimum absolute atomic E-state index is 0.322. The third kappa shape index (κ3) is 2.59. The molecule has 4 aliphatic rings. The Kier molecular flexibility index (Phi) is 4.43. The van der Waals surface area contributed by atoms with Crippen molar-refractivity contribution in [1.82, 2.24) is 0 Å². The maximum atomic E-state index is 2.50. The van der Waals surface area contributed by atoms with Gasteiger partial charge in [-0.05, 0) is 0 Å². The van der Waals surface area contributed by atoms with Gasteiger partial charge in [-0.15, -0.1) is 0 Å². The van der Waals surface area contributed by atoms with Crippen LogP contribution in [-0.2, 0) is 0 Å². The van der Waals surface area contributed by atoms with Gasteiger partial charge in [0.25, 0.3) is 0 Å². The Morgan fingerprint density at radius 1 is 1.06 bits per heavy atom. The molecule has 5 unspecified atom stereocenters. The molecule has 1 spiro atoms. The van der Waals surface area contributed by atoms with Crippen LogP contribution in [-0.4, -0.2) is 62.8 Å². The summed E-state index contributed by atoms with van der Waals surface area (Å²) in [5, 5.41) is 4.17. The van der Waals surface area contributed by atoms with E-state index < -0.39 is 0 Å². The second-order valence-electron chi connectivity index (χ2n) is 5.21. The molecular formula is C12H20S2Te2. The molecule has 5 atom stereocenters. The van der Waals surface area contributed by atoms with Crippen LogP contribution in [0.4, 0.5) is 0 Å². The molecule has 0 aromatic carbocycles. The average molecular weight is 484 g/mol. The summed E-state index contributed by atoms with van der Waals surface area (Å²) in [6.07, 6.45) is 4.82. The van der Waals surface area contributed by atoms with Gasteiger partial charge in [-0.1, -0.05) is 0 Å². The predicted molar refractivity (Wildman–Crippen MR) is 79.3 cm³/mol. The SMILES string of the molecule is CC1C[Te]C23CCC(CC2SC(C)C[Te]3)S1. The predicted octanol–water partition coefficient (Wildman–Crippen LogP) is 3.54. The summed E-state index contributed by atoms with van der Waals surface area (Å²) in [5.74, 6) is 0. The molecule has 1 aliphatic carbocycles. The van der Waals surface area contributed by atoms with Gasteiger partial charge >= 0.3 is 130 Å². The molecule has 1 saturated carbocycles. The van der Waals surface area contributed by atoms with E-state index in [0.717, 1.165) is 22.5 Å². The zero-order chi connectivity index (χ0) is 11.2. The van der Waals surface area contributed by atoms with Crippen molar-refractivity contribution in [1.29, 1.82) is 0 Å². The van der Waals surface area contributed by atoms with E-state index in [4.69, 9.17) is 0 Å². The van der Waals surface area contributed by atoms with Crippen LogP contribution in [0.5, 0.6) is 0 Å². The Hall–Kier alpha value is 2.28. The molecule has 0 amide bonds. The number of rotatable bonds is 0. The standard InChI is InChI=1S/C12H20S2Te2/c1-8-6-15-12-4-3-10(13-8)5-11(12)14-9(2)7-16-12/h8-11H,3-7H2,1-2H3. The quantitative estimate of drug-likeness (QED) is 0.484. The topological polar surface area (TPSA) is 0 Å². The molecule has 92 valence electrons. The molecule has 3 heterocycles. The van der Waals surface area contributed by atoms with Gasteiger partial charge < -0.3 is 0 Å². The summed E-state index contributed by atoms with van der Waals surface area (Å²) in [7, 11) is 0. The molecule has 16 heavy (non-hydrogen) atoms. The van der Waals surface area contributed by atoms with Crippen LogP contribution in [0.25, 0.3) is 0 Å². The van der Waals surface area contributed by atoms with Crippen molar-refractivity contribution in [3.63, 3.8) is 0 Å². The number of hydrogen-bond acceptors (Lipinski definition) is 2. The summed E-state index contributed by atoms with van der Waals surface area (Å²) in [4.78, 5) is 0. The Morgan fingerprint density at radius 3 is 2.50 bits per heavy atom. The average Bonchev–Trinajstić information content (AvgIpc) is 2.24. The molecule has 0 N–H and O–H groups in total. The van der Waals surface area contributed by atoms with E-state index in [-0.39, 0.29) is 0 Å². The summed E-state index contributed by atoms with van der Waals surface area (Å²) >= 11 is 5.42. The molecule has 0 aromatic heterocycles. The molecule has 4 fully saturated rings. The maximum absolute atomic E-state index is 2.50. The fraction of sp³-hybridized carbons (Fsp3) is 1.00.